The van der Waals surface area contributed by atoms with E-state index in [4.69, 9.17) is 5.73 Å². The van der Waals surface area contributed by atoms with Crippen LogP contribution in [-0.2, 0) is 4.79 Å². The first-order valence-electron chi connectivity index (χ1n) is 9.09. The van der Waals surface area contributed by atoms with Crippen molar-refractivity contribution in [2.24, 2.45) is 5.73 Å². The van der Waals surface area contributed by atoms with Gasteiger partial charge in [-0.05, 0) is 38.0 Å². The van der Waals surface area contributed by atoms with Crippen LogP contribution in [0.4, 0.5) is 4.39 Å². The fourth-order valence-corrected chi connectivity index (χ4v) is 3.46. The largest absolute Gasteiger partial charge is 0.352 e. The van der Waals surface area contributed by atoms with E-state index in [-0.39, 0.29) is 23.9 Å². The molecule has 0 bridgehead atoms. The third kappa shape index (κ3) is 4.01. The Morgan fingerprint density at radius 2 is 1.74 bits per heavy atom. The van der Waals surface area contributed by atoms with Gasteiger partial charge < -0.3 is 16.0 Å². The van der Waals surface area contributed by atoms with Gasteiger partial charge in [0.05, 0.1) is 0 Å². The summed E-state index contributed by atoms with van der Waals surface area (Å²) in [5, 5.41) is 2.85. The molecule has 0 aliphatic carbocycles. The smallest absolute Gasteiger partial charge is 0.255 e. The normalized spacial score (nSPS) is 19.4. The minimum Gasteiger partial charge on any atom is -0.352 e. The number of halogens is 1. The lowest BCUT2D eigenvalue weighted by molar-refractivity contribution is -0.125. The van der Waals surface area contributed by atoms with Gasteiger partial charge in [-0.25, -0.2) is 4.39 Å². The van der Waals surface area contributed by atoms with Crippen molar-refractivity contribution in [3.05, 3.63) is 59.9 Å². The molecule has 0 radical (unpaired) electrons. The quantitative estimate of drug-likeness (QED) is 0.870. The first kappa shape index (κ1) is 19.0. The Kier molecular flexibility index (Phi) is 5.56. The average molecular weight is 369 g/mol. The van der Waals surface area contributed by atoms with Crippen LogP contribution >= 0.6 is 0 Å². The number of hydrogen-bond acceptors (Lipinski definition) is 3. The van der Waals surface area contributed by atoms with Crippen LogP contribution in [0.3, 0.4) is 0 Å². The number of amides is 2. The molecule has 1 aliphatic rings. The minimum absolute atomic E-state index is 0.0306. The predicted molar refractivity (Wildman–Crippen MR) is 103 cm³/mol. The Balaban J connectivity index is 1.96. The van der Waals surface area contributed by atoms with Crippen LogP contribution in [0.5, 0.6) is 0 Å². The Morgan fingerprint density at radius 1 is 1.11 bits per heavy atom. The average Bonchev–Trinajstić information content (AvgIpc) is 3.03. The van der Waals surface area contributed by atoms with Crippen molar-refractivity contribution in [2.75, 3.05) is 6.54 Å². The van der Waals surface area contributed by atoms with Gasteiger partial charge in [0.25, 0.3) is 5.91 Å². The molecular formula is C21H24FN3O2. The molecule has 142 valence electrons. The van der Waals surface area contributed by atoms with Gasteiger partial charge in [0.15, 0.2) is 0 Å². The molecule has 1 saturated heterocycles. The first-order valence-corrected chi connectivity index (χ1v) is 9.09. The van der Waals surface area contributed by atoms with E-state index in [0.29, 0.717) is 29.7 Å². The van der Waals surface area contributed by atoms with Gasteiger partial charge in [-0.15, -0.1) is 0 Å². The summed E-state index contributed by atoms with van der Waals surface area (Å²) in [6.07, 6.45) is 0.409. The van der Waals surface area contributed by atoms with E-state index in [1.807, 2.05) is 13.8 Å². The second-order valence-corrected chi connectivity index (χ2v) is 7.16. The number of nitrogens with two attached hydrogens (primary N) is 1. The summed E-state index contributed by atoms with van der Waals surface area (Å²) in [4.78, 5) is 27.3. The lowest BCUT2D eigenvalue weighted by Gasteiger charge is -2.25. The Morgan fingerprint density at radius 3 is 2.41 bits per heavy atom. The second kappa shape index (κ2) is 7.88. The van der Waals surface area contributed by atoms with Crippen LogP contribution in [-0.4, -0.2) is 41.4 Å². The molecule has 27 heavy (non-hydrogen) atoms. The number of nitrogens with one attached hydrogen (secondary N) is 1. The van der Waals surface area contributed by atoms with E-state index in [0.717, 1.165) is 0 Å². The molecule has 2 aromatic carbocycles. The highest BCUT2D eigenvalue weighted by Crippen LogP contribution is 2.29. The van der Waals surface area contributed by atoms with Crippen molar-refractivity contribution < 1.29 is 14.0 Å². The highest BCUT2D eigenvalue weighted by Gasteiger charge is 2.39. The SMILES string of the molecule is CC(C)NC(=O)[C@@H]1C[C@H](N)CN1C(=O)c1ccccc1-c1ccccc1F. The summed E-state index contributed by atoms with van der Waals surface area (Å²) in [7, 11) is 0. The fourth-order valence-electron chi connectivity index (χ4n) is 3.46. The van der Waals surface area contributed by atoms with E-state index >= 15 is 0 Å². The van der Waals surface area contributed by atoms with Crippen LogP contribution in [0.15, 0.2) is 48.5 Å². The van der Waals surface area contributed by atoms with Crippen molar-refractivity contribution in [1.82, 2.24) is 10.2 Å². The number of benzene rings is 2. The van der Waals surface area contributed by atoms with Crippen molar-refractivity contribution in [1.29, 1.82) is 0 Å². The highest BCUT2D eigenvalue weighted by molar-refractivity contribution is 6.03. The molecular weight excluding hydrogens is 345 g/mol. The Hall–Kier alpha value is -2.73. The molecule has 2 aromatic rings. The van der Waals surface area contributed by atoms with Gasteiger partial charge in [0, 0.05) is 29.8 Å². The summed E-state index contributed by atoms with van der Waals surface area (Å²) < 4.78 is 14.3. The molecule has 0 saturated carbocycles. The summed E-state index contributed by atoms with van der Waals surface area (Å²) in [6.45, 7) is 4.03. The summed E-state index contributed by atoms with van der Waals surface area (Å²) in [5.41, 5.74) is 7.26. The van der Waals surface area contributed by atoms with E-state index in [9.17, 15) is 14.0 Å². The maximum Gasteiger partial charge on any atom is 0.255 e. The minimum atomic E-state index is -0.622. The van der Waals surface area contributed by atoms with Crippen LogP contribution in [0, 0.1) is 5.82 Å². The standard InChI is InChI=1S/C21H24FN3O2/c1-13(2)24-20(26)19-11-14(23)12-25(19)21(27)17-9-4-3-7-15(17)16-8-5-6-10-18(16)22/h3-10,13-14,19H,11-12,23H2,1-2H3,(H,24,26)/t14-,19-/m0/s1. The third-order valence-corrected chi connectivity index (χ3v) is 4.65. The van der Waals surface area contributed by atoms with Crippen LogP contribution in [0.2, 0.25) is 0 Å². The van der Waals surface area contributed by atoms with Gasteiger partial charge in [-0.3, -0.25) is 9.59 Å². The number of rotatable bonds is 4. The number of carbonyl (C=O) groups is 2. The summed E-state index contributed by atoms with van der Waals surface area (Å²) >= 11 is 0. The van der Waals surface area contributed by atoms with Crippen LogP contribution in [0.1, 0.15) is 30.6 Å². The van der Waals surface area contributed by atoms with Crippen molar-refractivity contribution in [3.63, 3.8) is 0 Å². The lowest BCUT2D eigenvalue weighted by Crippen LogP contribution is -2.47. The van der Waals surface area contributed by atoms with E-state index < -0.39 is 11.9 Å². The van der Waals surface area contributed by atoms with E-state index in [2.05, 4.69) is 5.32 Å². The lowest BCUT2D eigenvalue weighted by atomic mass is 9.98. The molecule has 3 rings (SSSR count). The van der Waals surface area contributed by atoms with Gasteiger partial charge in [0.2, 0.25) is 5.91 Å². The van der Waals surface area contributed by atoms with E-state index in [1.165, 1.54) is 11.0 Å². The number of nitrogens with zero attached hydrogens (tertiary/aromatic N) is 1. The zero-order chi connectivity index (χ0) is 19.6. The summed E-state index contributed by atoms with van der Waals surface area (Å²) in [6, 6.07) is 12.3. The molecule has 1 heterocycles. The molecule has 0 unspecified atom stereocenters. The number of carbonyl (C=O) groups excluding carboxylic acids is 2. The van der Waals surface area contributed by atoms with Gasteiger partial charge >= 0.3 is 0 Å². The molecule has 0 aromatic heterocycles. The molecule has 1 aliphatic heterocycles. The molecule has 3 N–H and O–H groups in total. The van der Waals surface area contributed by atoms with Crippen molar-refractivity contribution in [3.8, 4) is 11.1 Å². The molecule has 2 atom stereocenters. The Labute approximate surface area is 158 Å². The predicted octanol–water partition coefficient (Wildman–Crippen LogP) is 2.56. The summed E-state index contributed by atoms with van der Waals surface area (Å²) in [5.74, 6) is -0.926. The number of hydrogen-bond donors (Lipinski definition) is 2. The zero-order valence-corrected chi connectivity index (χ0v) is 15.5. The first-order chi connectivity index (χ1) is 12.9. The van der Waals surface area contributed by atoms with Crippen molar-refractivity contribution >= 4 is 11.8 Å². The molecule has 1 fully saturated rings. The van der Waals surface area contributed by atoms with Crippen LogP contribution in [0.25, 0.3) is 11.1 Å². The zero-order valence-electron chi connectivity index (χ0n) is 15.5. The maximum atomic E-state index is 14.3. The molecule has 0 spiro atoms. The monoisotopic (exact) mass is 369 g/mol. The second-order valence-electron chi connectivity index (χ2n) is 7.16. The van der Waals surface area contributed by atoms with Crippen LogP contribution < -0.4 is 11.1 Å². The van der Waals surface area contributed by atoms with Crippen molar-refractivity contribution in [2.45, 2.75) is 38.4 Å². The van der Waals surface area contributed by atoms with Gasteiger partial charge in [0.1, 0.15) is 11.9 Å². The molecule has 5 nitrogen and oxygen atoms in total. The van der Waals surface area contributed by atoms with Gasteiger partial charge in [-0.1, -0.05) is 36.4 Å². The van der Waals surface area contributed by atoms with E-state index in [1.54, 1.807) is 42.5 Å². The Bertz CT molecular complexity index is 853. The fraction of sp³-hybridized carbons (Fsp3) is 0.333. The molecule has 6 heteroatoms. The topological polar surface area (TPSA) is 75.4 Å². The third-order valence-electron chi connectivity index (χ3n) is 4.65. The van der Waals surface area contributed by atoms with Gasteiger partial charge in [-0.2, -0.15) is 0 Å². The highest BCUT2D eigenvalue weighted by atomic mass is 19.1. The molecule has 2 amide bonds. The number of likely N-dealkylation sites (tertiary alicyclic amines) is 1. The maximum absolute atomic E-state index is 14.3.